The maximum Gasteiger partial charge on any atom is 0.264 e. The third-order valence-corrected chi connectivity index (χ3v) is 9.67. The van der Waals surface area contributed by atoms with Crippen LogP contribution < -0.4 is 19.1 Å². The van der Waals surface area contributed by atoms with Gasteiger partial charge in [0, 0.05) is 39.8 Å². The van der Waals surface area contributed by atoms with Crippen molar-refractivity contribution < 1.29 is 27.5 Å². The van der Waals surface area contributed by atoms with E-state index < -0.39 is 28.5 Å². The van der Waals surface area contributed by atoms with Crippen molar-refractivity contribution in [3.8, 4) is 11.5 Å². The molecule has 0 aromatic heterocycles. The van der Waals surface area contributed by atoms with E-state index in [1.165, 1.54) is 61.6 Å². The molecule has 0 spiro atoms. The van der Waals surface area contributed by atoms with Crippen molar-refractivity contribution in [2.45, 2.75) is 50.6 Å². The number of carbonyl (C=O) groups excluding carboxylic acids is 2. The van der Waals surface area contributed by atoms with Crippen LogP contribution in [0.15, 0.2) is 65.6 Å². The first kappa shape index (κ1) is 35.3. The van der Waals surface area contributed by atoms with Crippen LogP contribution in [0.2, 0.25) is 15.1 Å². The van der Waals surface area contributed by atoms with Gasteiger partial charge >= 0.3 is 0 Å². The fraction of sp³-hybridized carbons (Fsp3) is 0.355. The van der Waals surface area contributed by atoms with E-state index in [4.69, 9.17) is 44.3 Å². The summed E-state index contributed by atoms with van der Waals surface area (Å²) in [4.78, 5) is 28.8. The lowest BCUT2D eigenvalue weighted by atomic mass is 10.1. The van der Waals surface area contributed by atoms with E-state index >= 15 is 0 Å². The summed E-state index contributed by atoms with van der Waals surface area (Å²) in [5, 5.41) is 3.89. The van der Waals surface area contributed by atoms with Gasteiger partial charge in [-0.3, -0.25) is 13.9 Å². The molecule has 44 heavy (non-hydrogen) atoms. The fourth-order valence-electron chi connectivity index (χ4n) is 4.52. The van der Waals surface area contributed by atoms with Gasteiger partial charge < -0.3 is 19.7 Å². The van der Waals surface area contributed by atoms with Gasteiger partial charge in [-0.15, -0.1) is 0 Å². The average Bonchev–Trinajstić information content (AvgIpc) is 3.01. The van der Waals surface area contributed by atoms with Gasteiger partial charge in [-0.1, -0.05) is 61.1 Å². The molecule has 1 unspecified atom stereocenters. The molecule has 3 aromatic carbocycles. The van der Waals surface area contributed by atoms with E-state index in [0.717, 1.165) is 17.1 Å². The molecule has 0 aliphatic carbocycles. The van der Waals surface area contributed by atoms with Crippen LogP contribution in [0, 0.1) is 0 Å². The number of unbranched alkanes of at least 4 members (excludes halogenated alkanes) is 1. The number of benzene rings is 3. The molecule has 0 aliphatic heterocycles. The molecule has 3 rings (SSSR count). The smallest absolute Gasteiger partial charge is 0.264 e. The summed E-state index contributed by atoms with van der Waals surface area (Å²) >= 11 is 19.0. The van der Waals surface area contributed by atoms with Gasteiger partial charge in [0.05, 0.1) is 24.8 Å². The van der Waals surface area contributed by atoms with E-state index in [2.05, 4.69) is 5.32 Å². The van der Waals surface area contributed by atoms with E-state index in [1.54, 1.807) is 25.1 Å². The number of hydrogen-bond acceptors (Lipinski definition) is 6. The first-order valence-corrected chi connectivity index (χ1v) is 16.6. The molecule has 1 atom stereocenters. The number of anilines is 1. The van der Waals surface area contributed by atoms with E-state index in [9.17, 15) is 18.0 Å². The lowest BCUT2D eigenvalue weighted by Crippen LogP contribution is -2.52. The highest BCUT2D eigenvalue weighted by atomic mass is 35.5. The number of nitrogens with zero attached hydrogens (tertiary/aromatic N) is 2. The zero-order valence-corrected chi connectivity index (χ0v) is 28.1. The van der Waals surface area contributed by atoms with Crippen LogP contribution in [0.25, 0.3) is 0 Å². The highest BCUT2D eigenvalue weighted by Gasteiger charge is 2.34. The number of hydrogen-bond donors (Lipinski definition) is 1. The zero-order chi connectivity index (χ0) is 32.4. The van der Waals surface area contributed by atoms with Crippen molar-refractivity contribution in [1.82, 2.24) is 10.2 Å². The number of methoxy groups -OCH3 is 2. The molecule has 3 aromatic rings. The predicted octanol–water partition coefficient (Wildman–Crippen LogP) is 6.58. The van der Waals surface area contributed by atoms with Crippen molar-refractivity contribution in [1.29, 1.82) is 0 Å². The molecule has 2 amide bonds. The van der Waals surface area contributed by atoms with Crippen LogP contribution in [0.1, 0.15) is 38.7 Å². The van der Waals surface area contributed by atoms with Gasteiger partial charge in [-0.2, -0.15) is 0 Å². The maximum absolute atomic E-state index is 14.2. The third kappa shape index (κ3) is 8.50. The second-order valence-electron chi connectivity index (χ2n) is 9.80. The lowest BCUT2D eigenvalue weighted by Gasteiger charge is -2.33. The number of sulfonamides is 1. The molecular formula is C31H36Cl3N3O6S. The maximum atomic E-state index is 14.2. The minimum atomic E-state index is -4.36. The van der Waals surface area contributed by atoms with Crippen LogP contribution >= 0.6 is 34.8 Å². The molecule has 9 nitrogen and oxygen atoms in total. The first-order valence-electron chi connectivity index (χ1n) is 14.0. The van der Waals surface area contributed by atoms with Gasteiger partial charge in [-0.05, 0) is 61.4 Å². The molecule has 0 aliphatic rings. The van der Waals surface area contributed by atoms with Gasteiger partial charge in [0.1, 0.15) is 12.6 Å². The second kappa shape index (κ2) is 16.2. The molecule has 0 saturated heterocycles. The van der Waals surface area contributed by atoms with Crippen LogP contribution in [0.4, 0.5) is 5.69 Å². The largest absolute Gasteiger partial charge is 0.493 e. The van der Waals surface area contributed by atoms with Crippen molar-refractivity contribution in [3.63, 3.8) is 0 Å². The normalized spacial score (nSPS) is 11.9. The van der Waals surface area contributed by atoms with Crippen LogP contribution in [-0.4, -0.2) is 58.5 Å². The molecule has 0 fully saturated rings. The Hall–Kier alpha value is -3.18. The number of nitrogens with one attached hydrogen (secondary N) is 1. The summed E-state index contributed by atoms with van der Waals surface area (Å²) in [6, 6.07) is 14.2. The molecule has 0 radical (unpaired) electrons. The fourth-order valence-corrected chi connectivity index (χ4v) is 6.59. The van der Waals surface area contributed by atoms with Crippen LogP contribution in [0.5, 0.6) is 11.5 Å². The quantitative estimate of drug-likeness (QED) is 0.181. The zero-order valence-electron chi connectivity index (χ0n) is 25.0. The Kier molecular flexibility index (Phi) is 13.0. The third-order valence-electron chi connectivity index (χ3n) is 6.94. The van der Waals surface area contributed by atoms with Crippen LogP contribution in [0.3, 0.4) is 0 Å². The average molecular weight is 685 g/mol. The van der Waals surface area contributed by atoms with Crippen molar-refractivity contribution >= 4 is 62.3 Å². The van der Waals surface area contributed by atoms with Gasteiger partial charge in [0.15, 0.2) is 11.5 Å². The molecule has 1 N–H and O–H groups in total. The summed E-state index contributed by atoms with van der Waals surface area (Å²) in [6.45, 7) is 3.45. The number of carbonyl (C=O) groups is 2. The van der Waals surface area contributed by atoms with E-state index in [1.807, 2.05) is 6.92 Å². The minimum absolute atomic E-state index is 0.123. The Morgan fingerprint density at radius 2 is 1.55 bits per heavy atom. The van der Waals surface area contributed by atoms with Crippen molar-refractivity contribution in [2.24, 2.45) is 0 Å². The molecule has 0 heterocycles. The van der Waals surface area contributed by atoms with Crippen molar-refractivity contribution in [3.05, 3.63) is 81.3 Å². The summed E-state index contributed by atoms with van der Waals surface area (Å²) in [5.74, 6) is -0.472. The molecule has 0 saturated carbocycles. The second-order valence-corrected chi connectivity index (χ2v) is 12.9. The Balaban J connectivity index is 2.11. The Morgan fingerprint density at radius 3 is 2.11 bits per heavy atom. The minimum Gasteiger partial charge on any atom is -0.493 e. The standard InChI is InChI=1S/C31H36Cl3N3O6S/c1-5-7-17-35-31(39)27(6-2)36(19-24-25(33)9-8-10-26(24)34)30(38)20-37(22-13-11-21(32)12-14-22)44(40,41)23-15-16-28(42-3)29(18-23)43-4/h8-16,18,27H,5-7,17,19-20H2,1-4H3,(H,35,39). The van der Waals surface area contributed by atoms with E-state index in [-0.39, 0.29) is 35.2 Å². The number of ether oxygens (including phenoxy) is 2. The number of amides is 2. The van der Waals surface area contributed by atoms with Gasteiger partial charge in [-0.25, -0.2) is 8.42 Å². The Bertz CT molecular complexity index is 1530. The molecular weight excluding hydrogens is 649 g/mol. The SMILES string of the molecule is CCCCNC(=O)C(CC)N(Cc1c(Cl)cccc1Cl)C(=O)CN(c1ccc(Cl)cc1)S(=O)(=O)c1ccc(OC)c(OC)c1. The highest BCUT2D eigenvalue weighted by Crippen LogP contribution is 2.33. The molecule has 13 heteroatoms. The summed E-state index contributed by atoms with van der Waals surface area (Å²) in [5.41, 5.74) is 0.624. The summed E-state index contributed by atoms with van der Waals surface area (Å²) in [7, 11) is -1.53. The molecule has 0 bridgehead atoms. The topological polar surface area (TPSA) is 105 Å². The monoisotopic (exact) mass is 683 g/mol. The van der Waals surface area contributed by atoms with E-state index in [0.29, 0.717) is 32.9 Å². The lowest BCUT2D eigenvalue weighted by molar-refractivity contribution is -0.140. The molecule has 238 valence electrons. The van der Waals surface area contributed by atoms with Crippen LogP contribution in [-0.2, 0) is 26.2 Å². The number of halogens is 3. The predicted molar refractivity (Wildman–Crippen MR) is 175 cm³/mol. The van der Waals surface area contributed by atoms with Gasteiger partial charge in [0.25, 0.3) is 10.0 Å². The number of rotatable bonds is 15. The Morgan fingerprint density at radius 1 is 0.909 bits per heavy atom. The highest BCUT2D eigenvalue weighted by molar-refractivity contribution is 7.92. The first-order chi connectivity index (χ1) is 21.0. The van der Waals surface area contributed by atoms with Crippen molar-refractivity contribution in [2.75, 3.05) is 31.6 Å². The van der Waals surface area contributed by atoms with Gasteiger partial charge in [0.2, 0.25) is 11.8 Å². The summed E-state index contributed by atoms with van der Waals surface area (Å²) in [6.07, 6.45) is 1.90. The Labute approximate surface area is 274 Å². The summed E-state index contributed by atoms with van der Waals surface area (Å²) < 4.78 is 39.9.